The first-order valence-electron chi connectivity index (χ1n) is 21.0. The summed E-state index contributed by atoms with van der Waals surface area (Å²) in [5.74, 6) is 0.0392. The number of azo groups is 2. The Kier molecular flexibility index (Phi) is 16.4. The second kappa shape index (κ2) is 21.8. The fraction of sp³-hybridized carbons (Fsp3) is 0.359. The second-order valence-electron chi connectivity index (χ2n) is 14.8. The van der Waals surface area contributed by atoms with Gasteiger partial charge in [0.25, 0.3) is 10.1 Å². The summed E-state index contributed by atoms with van der Waals surface area (Å²) in [5.41, 5.74) is 2.97. The van der Waals surface area contributed by atoms with Crippen molar-refractivity contribution in [1.82, 2.24) is 23.7 Å². The van der Waals surface area contributed by atoms with Crippen LogP contribution in [-0.4, -0.2) is 115 Å². The Morgan fingerprint density at radius 2 is 1.04 bits per heavy atom. The van der Waals surface area contributed by atoms with Gasteiger partial charge in [0.1, 0.15) is 32.5 Å². The van der Waals surface area contributed by atoms with Crippen molar-refractivity contribution in [3.63, 3.8) is 0 Å². The van der Waals surface area contributed by atoms with Crippen molar-refractivity contribution in [2.24, 2.45) is 20.5 Å². The maximum atomic E-state index is 12.1. The Morgan fingerprint density at radius 3 is 1.39 bits per heavy atom. The number of nitrogens with one attached hydrogen (secondary N) is 2. The Labute approximate surface area is 428 Å². The number of rotatable bonds is 22. The van der Waals surface area contributed by atoms with Crippen LogP contribution >= 0.6 is 57.5 Å². The summed E-state index contributed by atoms with van der Waals surface area (Å²) in [6.07, 6.45) is 0. The van der Waals surface area contributed by atoms with Gasteiger partial charge in [0.05, 0.1) is 53.5 Å². The summed E-state index contributed by atoms with van der Waals surface area (Å²) in [6, 6.07) is 6.82. The standard InChI is InChI=1S/C39H45N13O11S8/c1-9-51(10-2)25-15-21(23(17-27(25)62-7)45-47-31-29-19(5)35(70(56,57)58)65-33(29)49-67-31)40-37-42-38(44-39(43-37)64-13-14-69(53,54)55)41-22-16-26(52(11-3)12-4)28(63-8)18-24(22)46-48-32-30-20(6)36(71(59,60)61)66-34(30)50-68-32/h15-18H,9-14H2,1-8H3,(H,53,54,55)(H,56,57,58)(H,59,60,61)(H2,40,41,42,43,44). The molecule has 24 nitrogen and oxygen atoms in total. The van der Waals surface area contributed by atoms with Gasteiger partial charge in [-0.15, -0.1) is 20.5 Å². The summed E-state index contributed by atoms with van der Waals surface area (Å²) in [4.78, 5) is 18.7. The predicted octanol–water partition coefficient (Wildman–Crippen LogP) is 10.3. The van der Waals surface area contributed by atoms with Gasteiger partial charge in [-0.05, 0) is 87.9 Å². The number of ether oxygens (including phenoxy) is 2. The topological polar surface area (TPSA) is 326 Å². The van der Waals surface area contributed by atoms with Gasteiger partial charge in [-0.1, -0.05) is 34.4 Å². The van der Waals surface area contributed by atoms with Crippen molar-refractivity contribution in [2.75, 3.05) is 72.3 Å². The zero-order valence-electron chi connectivity index (χ0n) is 38.8. The largest absolute Gasteiger partial charge is 0.494 e. The number of aromatic nitrogens is 5. The van der Waals surface area contributed by atoms with Crippen LogP contribution in [0.4, 0.5) is 56.0 Å². The van der Waals surface area contributed by atoms with Crippen LogP contribution in [0.1, 0.15) is 38.8 Å². The van der Waals surface area contributed by atoms with Gasteiger partial charge in [0.15, 0.2) is 23.6 Å². The van der Waals surface area contributed by atoms with E-state index in [1.165, 1.54) is 14.2 Å². The molecule has 71 heavy (non-hydrogen) atoms. The molecule has 7 aromatic rings. The lowest BCUT2D eigenvalue weighted by atomic mass is 10.2. The Bertz CT molecular complexity index is 3320. The zero-order chi connectivity index (χ0) is 51.6. The smallest absolute Gasteiger partial charge is 0.304 e. The van der Waals surface area contributed by atoms with Gasteiger partial charge >= 0.3 is 20.2 Å². The van der Waals surface area contributed by atoms with Crippen molar-refractivity contribution in [3.05, 3.63) is 35.4 Å². The van der Waals surface area contributed by atoms with Gasteiger partial charge in [0.2, 0.25) is 11.9 Å². The van der Waals surface area contributed by atoms with Crippen LogP contribution in [-0.2, 0) is 30.4 Å². The molecule has 0 bridgehead atoms. The molecule has 5 heterocycles. The molecule has 0 aliphatic heterocycles. The molecule has 0 amide bonds. The maximum absolute atomic E-state index is 12.1. The molecule has 0 aliphatic rings. The van der Waals surface area contributed by atoms with E-state index in [-0.39, 0.29) is 63.7 Å². The zero-order valence-corrected chi connectivity index (χ0v) is 45.4. The van der Waals surface area contributed by atoms with Gasteiger partial charge in [-0.3, -0.25) is 13.7 Å². The molecule has 0 fully saturated rings. The first-order chi connectivity index (χ1) is 33.6. The van der Waals surface area contributed by atoms with Crippen molar-refractivity contribution in [3.8, 4) is 11.5 Å². The molecule has 0 unspecified atom stereocenters. The van der Waals surface area contributed by atoms with E-state index in [1.807, 2.05) is 37.5 Å². The molecule has 0 radical (unpaired) electrons. The molecule has 0 atom stereocenters. The van der Waals surface area contributed by atoms with E-state index in [0.717, 1.165) is 57.5 Å². The summed E-state index contributed by atoms with van der Waals surface area (Å²) in [7, 11) is -10.4. The molecule has 380 valence electrons. The Morgan fingerprint density at radius 1 is 0.634 bits per heavy atom. The number of thiophene rings is 2. The van der Waals surface area contributed by atoms with Crippen LogP contribution in [0.2, 0.25) is 0 Å². The number of methoxy groups -OCH3 is 2. The third-order valence-electron chi connectivity index (χ3n) is 10.5. The van der Waals surface area contributed by atoms with Gasteiger partial charge < -0.3 is 29.9 Å². The summed E-state index contributed by atoms with van der Waals surface area (Å²) < 4.78 is 121. The minimum absolute atomic E-state index is 0.0409. The fourth-order valence-corrected chi connectivity index (χ4v) is 14.6. The lowest BCUT2D eigenvalue weighted by molar-refractivity contribution is 0.414. The first-order valence-corrected chi connectivity index (χ1v) is 29.6. The summed E-state index contributed by atoms with van der Waals surface area (Å²) >= 11 is 4.52. The molecule has 0 saturated heterocycles. The van der Waals surface area contributed by atoms with Crippen LogP contribution in [0.15, 0.2) is 58.3 Å². The quantitative estimate of drug-likeness (QED) is 0.0239. The Balaban J connectivity index is 1.36. The average molecular weight is 1130 g/mol. The van der Waals surface area contributed by atoms with Crippen LogP contribution in [0.5, 0.6) is 11.5 Å². The minimum atomic E-state index is -4.53. The van der Waals surface area contributed by atoms with Crippen LogP contribution < -0.4 is 29.9 Å². The number of hydrogen-bond donors (Lipinski definition) is 5. The first kappa shape index (κ1) is 53.5. The molecule has 5 aromatic heterocycles. The predicted molar refractivity (Wildman–Crippen MR) is 279 cm³/mol. The molecule has 0 spiro atoms. The van der Waals surface area contributed by atoms with Crippen molar-refractivity contribution in [1.29, 1.82) is 0 Å². The van der Waals surface area contributed by atoms with Crippen LogP contribution in [0.3, 0.4) is 0 Å². The van der Waals surface area contributed by atoms with E-state index in [1.54, 1.807) is 38.1 Å². The molecule has 0 aliphatic carbocycles. The average Bonchev–Trinajstić information content (AvgIpc) is 4.08. The number of hydrogen-bond acceptors (Lipinski definition) is 26. The van der Waals surface area contributed by atoms with E-state index in [2.05, 4.69) is 49.8 Å². The van der Waals surface area contributed by atoms with Crippen LogP contribution in [0.25, 0.3) is 20.4 Å². The fourth-order valence-electron chi connectivity index (χ4n) is 7.12. The molecule has 32 heteroatoms. The SMILES string of the molecule is CCN(CC)c1cc(Nc2nc(Nc3cc(N(CC)CC)c(OC)cc3N=Nc3snc4sc(S(=O)(=O)O)c(C)c34)nc(SCCS(=O)(=O)O)n2)c(N=Nc2snc3sc(S(=O)(=O)O)c(C)c23)cc1OC. The van der Waals surface area contributed by atoms with E-state index < -0.39 is 36.1 Å². The summed E-state index contributed by atoms with van der Waals surface area (Å²) in [6.45, 7) is 13.4. The number of benzene rings is 2. The number of thioether (sulfide) groups is 1. The van der Waals surface area contributed by atoms with E-state index in [4.69, 9.17) is 14.5 Å². The monoisotopic (exact) mass is 1130 g/mol. The van der Waals surface area contributed by atoms with Gasteiger partial charge in [0, 0.05) is 44.1 Å². The number of aryl methyl sites for hydroxylation is 2. The minimum Gasteiger partial charge on any atom is -0.494 e. The van der Waals surface area contributed by atoms with Crippen molar-refractivity contribution in [2.45, 2.75) is 55.1 Å². The second-order valence-corrected chi connectivity index (χ2v) is 24.2. The lowest BCUT2D eigenvalue weighted by Crippen LogP contribution is -2.22. The van der Waals surface area contributed by atoms with Crippen molar-refractivity contribution >= 4 is 164 Å². The number of anilines is 6. The van der Waals surface area contributed by atoms with E-state index in [9.17, 15) is 38.9 Å². The van der Waals surface area contributed by atoms with Crippen LogP contribution in [0, 0.1) is 13.8 Å². The lowest BCUT2D eigenvalue weighted by Gasteiger charge is -2.25. The molecular formula is C39H45N13O11S8. The molecule has 0 saturated carbocycles. The normalized spacial score (nSPS) is 12.5. The van der Waals surface area contributed by atoms with E-state index in [0.29, 0.717) is 80.9 Å². The number of fused-ring (bicyclic) bond motifs is 2. The molecular weight excluding hydrogens is 1080 g/mol. The molecule has 7 rings (SSSR count). The highest BCUT2D eigenvalue weighted by Crippen LogP contribution is 2.47. The third kappa shape index (κ3) is 12.0. The highest BCUT2D eigenvalue weighted by molar-refractivity contribution is 8.00. The highest BCUT2D eigenvalue weighted by Gasteiger charge is 2.26. The maximum Gasteiger partial charge on any atom is 0.304 e. The molecule has 5 N–H and O–H groups in total. The van der Waals surface area contributed by atoms with Gasteiger partial charge in [-0.25, -0.2) is 0 Å². The van der Waals surface area contributed by atoms with Gasteiger partial charge in [-0.2, -0.15) is 49.0 Å². The van der Waals surface area contributed by atoms with Crippen molar-refractivity contribution < 1.29 is 48.4 Å². The van der Waals surface area contributed by atoms with E-state index >= 15 is 0 Å². The third-order valence-corrected chi connectivity index (χ3v) is 19.3. The highest BCUT2D eigenvalue weighted by atomic mass is 32.3. The molecule has 2 aromatic carbocycles. The summed E-state index contributed by atoms with van der Waals surface area (Å²) in [5, 5.41) is 25.9. The number of nitrogens with zero attached hydrogens (tertiary/aromatic N) is 11. The Hall–Kier alpha value is -5.29.